The van der Waals surface area contributed by atoms with Gasteiger partial charge in [-0.2, -0.15) is 4.99 Å². The van der Waals surface area contributed by atoms with Crippen LogP contribution in [-0.2, 0) is 13.2 Å². The summed E-state index contributed by atoms with van der Waals surface area (Å²) in [7, 11) is 0. The number of likely N-dealkylation sites (tertiary alicyclic amines) is 1. The highest BCUT2D eigenvalue weighted by atomic mass is 16.5. The van der Waals surface area contributed by atoms with Crippen LogP contribution in [0.15, 0.2) is 89.9 Å². The van der Waals surface area contributed by atoms with Gasteiger partial charge in [-0.25, -0.2) is 4.79 Å². The van der Waals surface area contributed by atoms with Crippen molar-refractivity contribution < 1.29 is 9.53 Å². The lowest BCUT2D eigenvalue weighted by Crippen LogP contribution is -2.26. The maximum absolute atomic E-state index is 12.4. The van der Waals surface area contributed by atoms with Crippen LogP contribution in [-0.4, -0.2) is 23.3 Å². The van der Waals surface area contributed by atoms with Crippen LogP contribution < -0.4 is 10.1 Å². The van der Waals surface area contributed by atoms with Crippen molar-refractivity contribution in [2.45, 2.75) is 26.0 Å². The number of benzene rings is 3. The molecule has 1 N–H and O–H groups in total. The summed E-state index contributed by atoms with van der Waals surface area (Å²) in [5.41, 5.74) is 3.03. The number of urea groups is 1. The third kappa shape index (κ3) is 5.47. The zero-order valence-electron chi connectivity index (χ0n) is 16.8. The van der Waals surface area contributed by atoms with Crippen LogP contribution in [0.2, 0.25) is 0 Å². The molecule has 5 nitrogen and oxygen atoms in total. The van der Waals surface area contributed by atoms with Crippen LogP contribution in [0.3, 0.4) is 0 Å². The molecule has 0 atom stereocenters. The van der Waals surface area contributed by atoms with E-state index in [1.165, 1.54) is 5.56 Å². The Morgan fingerprint density at radius 2 is 1.57 bits per heavy atom. The minimum atomic E-state index is -0.345. The Balaban J connectivity index is 1.31. The molecular weight excluding hydrogens is 374 g/mol. The quantitative estimate of drug-likeness (QED) is 0.596. The molecule has 0 aromatic heterocycles. The van der Waals surface area contributed by atoms with Gasteiger partial charge in [0.1, 0.15) is 18.2 Å². The molecular formula is C25H25N3O2. The van der Waals surface area contributed by atoms with Crippen molar-refractivity contribution in [1.29, 1.82) is 0 Å². The molecule has 3 aromatic carbocycles. The topological polar surface area (TPSA) is 53.9 Å². The van der Waals surface area contributed by atoms with Crippen molar-refractivity contribution in [1.82, 2.24) is 4.90 Å². The molecule has 0 bridgehead atoms. The average Bonchev–Trinajstić information content (AvgIpc) is 3.21. The molecule has 0 saturated carbocycles. The standard InChI is InChI=1S/C25H25N3O2/c29-25(27-24-12-7-17-28(24)18-20-8-3-1-4-9-20)26-22-13-15-23(16-14-22)30-19-21-10-5-2-6-11-21/h1-6,8-11,13-16H,7,12,17-19H2,(H,26,29). The van der Waals surface area contributed by atoms with E-state index in [0.29, 0.717) is 12.3 Å². The minimum absolute atomic E-state index is 0.345. The van der Waals surface area contributed by atoms with E-state index in [1.54, 1.807) is 0 Å². The summed E-state index contributed by atoms with van der Waals surface area (Å²) in [5.74, 6) is 1.60. The monoisotopic (exact) mass is 399 g/mol. The average molecular weight is 399 g/mol. The van der Waals surface area contributed by atoms with Crippen LogP contribution >= 0.6 is 0 Å². The molecule has 1 aliphatic heterocycles. The zero-order valence-corrected chi connectivity index (χ0v) is 16.8. The van der Waals surface area contributed by atoms with Gasteiger partial charge < -0.3 is 15.0 Å². The maximum atomic E-state index is 12.4. The largest absolute Gasteiger partial charge is 0.489 e. The third-order valence-electron chi connectivity index (χ3n) is 4.99. The first-order chi connectivity index (χ1) is 14.8. The van der Waals surface area contributed by atoms with Gasteiger partial charge in [-0.05, 0) is 41.8 Å². The molecule has 1 fully saturated rings. The number of hydrogen-bond donors (Lipinski definition) is 1. The number of carbonyl (C=O) groups is 1. The number of nitrogens with one attached hydrogen (secondary N) is 1. The van der Waals surface area contributed by atoms with Crippen LogP contribution in [0.25, 0.3) is 0 Å². The second-order valence-corrected chi connectivity index (χ2v) is 7.27. The number of amidine groups is 1. The van der Waals surface area contributed by atoms with Gasteiger partial charge in [0.25, 0.3) is 0 Å². The Kier molecular flexibility index (Phi) is 6.40. The Bertz CT molecular complexity index is 986. The number of carbonyl (C=O) groups excluding carboxylic acids is 1. The number of ether oxygens (including phenoxy) is 1. The van der Waals surface area contributed by atoms with E-state index in [0.717, 1.165) is 43.1 Å². The molecule has 1 aliphatic rings. The van der Waals surface area contributed by atoms with Crippen LogP contribution in [0.5, 0.6) is 5.75 Å². The summed E-state index contributed by atoms with van der Waals surface area (Å²) in [5, 5.41) is 2.85. The van der Waals surface area contributed by atoms with Gasteiger partial charge in [0.2, 0.25) is 0 Å². The molecule has 0 aliphatic carbocycles. The summed E-state index contributed by atoms with van der Waals surface area (Å²) in [4.78, 5) is 18.9. The Labute approximate surface area is 177 Å². The predicted molar refractivity (Wildman–Crippen MR) is 120 cm³/mol. The predicted octanol–water partition coefficient (Wildman–Crippen LogP) is 5.49. The van der Waals surface area contributed by atoms with Gasteiger partial charge in [-0.1, -0.05) is 60.7 Å². The summed E-state index contributed by atoms with van der Waals surface area (Å²) in [6, 6.07) is 27.3. The molecule has 152 valence electrons. The minimum Gasteiger partial charge on any atom is -0.489 e. The van der Waals surface area contributed by atoms with E-state index in [-0.39, 0.29) is 6.03 Å². The van der Waals surface area contributed by atoms with E-state index >= 15 is 0 Å². The first-order valence-corrected chi connectivity index (χ1v) is 10.2. The van der Waals surface area contributed by atoms with Gasteiger partial charge in [0.05, 0.1) is 0 Å². The number of nitrogens with zero attached hydrogens (tertiary/aromatic N) is 2. The van der Waals surface area contributed by atoms with Gasteiger partial charge in [0.15, 0.2) is 0 Å². The highest BCUT2D eigenvalue weighted by Gasteiger charge is 2.19. The van der Waals surface area contributed by atoms with Gasteiger partial charge >= 0.3 is 6.03 Å². The lowest BCUT2D eigenvalue weighted by atomic mass is 10.2. The zero-order chi connectivity index (χ0) is 20.6. The molecule has 3 aromatic rings. The van der Waals surface area contributed by atoms with Crippen molar-refractivity contribution in [3.63, 3.8) is 0 Å². The molecule has 30 heavy (non-hydrogen) atoms. The number of rotatable bonds is 6. The van der Waals surface area contributed by atoms with Gasteiger partial charge in [-0.15, -0.1) is 0 Å². The van der Waals surface area contributed by atoms with Crippen LogP contribution in [0.4, 0.5) is 10.5 Å². The van der Waals surface area contributed by atoms with Crippen molar-refractivity contribution >= 4 is 17.6 Å². The normalized spacial score (nSPS) is 14.7. The van der Waals surface area contributed by atoms with Crippen LogP contribution in [0, 0.1) is 0 Å². The molecule has 2 amide bonds. The Hall–Kier alpha value is -3.60. The molecule has 0 unspecified atom stereocenters. The fourth-order valence-corrected chi connectivity index (χ4v) is 3.46. The van der Waals surface area contributed by atoms with E-state index in [9.17, 15) is 4.79 Å². The summed E-state index contributed by atoms with van der Waals surface area (Å²) < 4.78 is 5.78. The van der Waals surface area contributed by atoms with E-state index in [2.05, 4.69) is 27.3 Å². The number of hydrogen-bond acceptors (Lipinski definition) is 2. The first kappa shape index (κ1) is 19.7. The molecule has 1 saturated heterocycles. The number of anilines is 1. The van der Waals surface area contributed by atoms with Crippen LogP contribution in [0.1, 0.15) is 24.0 Å². The lowest BCUT2D eigenvalue weighted by Gasteiger charge is -2.18. The number of aliphatic imine (C=N–C) groups is 1. The molecule has 0 spiro atoms. The molecule has 5 heteroatoms. The molecule has 4 rings (SSSR count). The van der Waals surface area contributed by atoms with E-state index in [4.69, 9.17) is 4.74 Å². The first-order valence-electron chi connectivity index (χ1n) is 10.2. The van der Waals surface area contributed by atoms with Crippen molar-refractivity contribution in [2.24, 2.45) is 4.99 Å². The second-order valence-electron chi connectivity index (χ2n) is 7.27. The SMILES string of the molecule is O=C(N=C1CCCN1Cc1ccccc1)Nc1ccc(OCc2ccccc2)cc1. The molecule has 0 radical (unpaired) electrons. The molecule has 1 heterocycles. The lowest BCUT2D eigenvalue weighted by molar-refractivity contribution is 0.259. The van der Waals surface area contributed by atoms with Crippen molar-refractivity contribution in [3.8, 4) is 5.75 Å². The fourth-order valence-electron chi connectivity index (χ4n) is 3.46. The van der Waals surface area contributed by atoms with E-state index in [1.807, 2.05) is 72.8 Å². The fraction of sp³-hybridized carbons (Fsp3) is 0.200. The summed E-state index contributed by atoms with van der Waals surface area (Å²) >= 11 is 0. The van der Waals surface area contributed by atoms with Gasteiger partial charge in [0, 0.05) is 25.2 Å². The highest BCUT2D eigenvalue weighted by molar-refractivity contribution is 6.00. The Morgan fingerprint density at radius 1 is 0.900 bits per heavy atom. The smallest absolute Gasteiger partial charge is 0.347 e. The second kappa shape index (κ2) is 9.74. The number of amides is 2. The van der Waals surface area contributed by atoms with Crippen molar-refractivity contribution in [3.05, 3.63) is 96.1 Å². The highest BCUT2D eigenvalue weighted by Crippen LogP contribution is 2.19. The van der Waals surface area contributed by atoms with E-state index < -0.39 is 0 Å². The summed E-state index contributed by atoms with van der Waals surface area (Å²) in [6.07, 6.45) is 1.85. The van der Waals surface area contributed by atoms with Gasteiger partial charge in [-0.3, -0.25) is 0 Å². The third-order valence-corrected chi connectivity index (χ3v) is 4.99. The summed E-state index contributed by atoms with van der Waals surface area (Å²) in [6.45, 7) is 2.21. The van der Waals surface area contributed by atoms with Crippen molar-refractivity contribution in [2.75, 3.05) is 11.9 Å². The maximum Gasteiger partial charge on any atom is 0.347 e. The Morgan fingerprint density at radius 3 is 2.27 bits per heavy atom.